The molecular weight excluding hydrogens is 418 g/mol. The molecule has 0 spiro atoms. The summed E-state index contributed by atoms with van der Waals surface area (Å²) in [5, 5.41) is 0. The van der Waals surface area contributed by atoms with Crippen molar-refractivity contribution in [2.45, 2.75) is 33.6 Å². The number of rotatable bonds is 7. The number of carbonyl (C=O) groups is 3. The van der Waals surface area contributed by atoms with E-state index < -0.39 is 0 Å². The number of ether oxygens (including phenoxy) is 1. The molecule has 1 aromatic carbocycles. The lowest BCUT2D eigenvalue weighted by Crippen LogP contribution is -2.45. The molecule has 1 saturated heterocycles. The molecule has 7 heteroatoms. The minimum atomic E-state index is -0.228. The van der Waals surface area contributed by atoms with Crippen LogP contribution in [-0.4, -0.2) is 65.4 Å². The van der Waals surface area contributed by atoms with Gasteiger partial charge in [0.15, 0.2) is 0 Å². The average Bonchev–Trinajstić information content (AvgIpc) is 3.10. The van der Waals surface area contributed by atoms with Gasteiger partial charge in [-0.1, -0.05) is 18.2 Å². The SMILES string of the molecule is CCOC(=O)C1CCN(C(=O)CN(C)C(=O)/C=C/c2cc(C)n(-c3ccccc3)c2C)CC1. The Morgan fingerprint density at radius 3 is 2.42 bits per heavy atom. The maximum absolute atomic E-state index is 12.6. The molecule has 0 N–H and O–H groups in total. The summed E-state index contributed by atoms with van der Waals surface area (Å²) < 4.78 is 7.22. The van der Waals surface area contributed by atoms with Gasteiger partial charge in [0.2, 0.25) is 11.8 Å². The number of piperidine rings is 1. The summed E-state index contributed by atoms with van der Waals surface area (Å²) in [4.78, 5) is 40.3. The van der Waals surface area contributed by atoms with Crippen LogP contribution in [0.3, 0.4) is 0 Å². The van der Waals surface area contributed by atoms with Crippen molar-refractivity contribution in [3.05, 3.63) is 59.4 Å². The maximum Gasteiger partial charge on any atom is 0.309 e. The van der Waals surface area contributed by atoms with Crippen molar-refractivity contribution in [3.63, 3.8) is 0 Å². The third-order valence-electron chi connectivity index (χ3n) is 6.11. The highest BCUT2D eigenvalue weighted by molar-refractivity contribution is 5.94. The second kappa shape index (κ2) is 11.0. The molecule has 7 nitrogen and oxygen atoms in total. The number of esters is 1. The van der Waals surface area contributed by atoms with E-state index >= 15 is 0 Å². The van der Waals surface area contributed by atoms with Crippen LogP contribution in [0.2, 0.25) is 0 Å². The largest absolute Gasteiger partial charge is 0.466 e. The minimum Gasteiger partial charge on any atom is -0.466 e. The molecular formula is C26H33N3O4. The predicted molar refractivity (Wildman–Crippen MR) is 128 cm³/mol. The van der Waals surface area contributed by atoms with Crippen molar-refractivity contribution in [2.24, 2.45) is 5.92 Å². The molecule has 1 aliphatic rings. The van der Waals surface area contributed by atoms with E-state index in [2.05, 4.69) is 4.57 Å². The first-order chi connectivity index (χ1) is 15.8. The number of likely N-dealkylation sites (N-methyl/N-ethyl adjacent to an activating group) is 1. The Morgan fingerprint density at radius 1 is 1.12 bits per heavy atom. The Kier molecular flexibility index (Phi) is 8.09. The van der Waals surface area contributed by atoms with E-state index in [0.717, 1.165) is 22.6 Å². The van der Waals surface area contributed by atoms with Crippen LogP contribution in [0.5, 0.6) is 0 Å². The van der Waals surface area contributed by atoms with Gasteiger partial charge in [-0.15, -0.1) is 0 Å². The third kappa shape index (κ3) is 5.92. The summed E-state index contributed by atoms with van der Waals surface area (Å²) >= 11 is 0. The molecule has 0 radical (unpaired) electrons. The van der Waals surface area contributed by atoms with Crippen LogP contribution in [0.1, 0.15) is 36.7 Å². The lowest BCUT2D eigenvalue weighted by atomic mass is 9.97. The number of amides is 2. The molecule has 2 heterocycles. The van der Waals surface area contributed by atoms with Gasteiger partial charge in [-0.2, -0.15) is 0 Å². The van der Waals surface area contributed by atoms with Gasteiger partial charge in [0.05, 0.1) is 19.1 Å². The summed E-state index contributed by atoms with van der Waals surface area (Å²) in [5.41, 5.74) is 4.17. The number of likely N-dealkylation sites (tertiary alicyclic amines) is 1. The summed E-state index contributed by atoms with van der Waals surface area (Å²) in [6.07, 6.45) is 4.51. The standard InChI is InChI=1S/C26H33N3O4/c1-5-33-26(32)21-13-15-28(16-14-21)25(31)18-27(4)24(30)12-11-22-17-19(2)29(20(22)3)23-9-7-6-8-10-23/h6-12,17,21H,5,13-16,18H2,1-4H3/b12-11+. The average molecular weight is 452 g/mol. The zero-order valence-electron chi connectivity index (χ0n) is 19.9. The molecule has 0 unspecified atom stereocenters. The van der Waals surface area contributed by atoms with Crippen LogP contribution >= 0.6 is 0 Å². The normalized spacial score (nSPS) is 14.5. The molecule has 1 aromatic heterocycles. The Hall–Kier alpha value is -3.35. The van der Waals surface area contributed by atoms with Gasteiger partial charge in [-0.3, -0.25) is 14.4 Å². The van der Waals surface area contributed by atoms with Crippen molar-refractivity contribution in [1.82, 2.24) is 14.4 Å². The van der Waals surface area contributed by atoms with E-state index in [9.17, 15) is 14.4 Å². The van der Waals surface area contributed by atoms with Crippen LogP contribution in [0, 0.1) is 19.8 Å². The molecule has 2 amide bonds. The van der Waals surface area contributed by atoms with Crippen molar-refractivity contribution < 1.29 is 19.1 Å². The highest BCUT2D eigenvalue weighted by Gasteiger charge is 2.28. The summed E-state index contributed by atoms with van der Waals surface area (Å²) in [6.45, 7) is 7.24. The van der Waals surface area contributed by atoms with Crippen molar-refractivity contribution in [2.75, 3.05) is 33.3 Å². The number of aromatic nitrogens is 1. The van der Waals surface area contributed by atoms with Crippen LogP contribution in [0.4, 0.5) is 0 Å². The number of benzene rings is 1. The first-order valence-corrected chi connectivity index (χ1v) is 11.4. The van der Waals surface area contributed by atoms with Crippen LogP contribution < -0.4 is 0 Å². The first-order valence-electron chi connectivity index (χ1n) is 11.4. The van der Waals surface area contributed by atoms with Crippen LogP contribution in [0.15, 0.2) is 42.5 Å². The Bertz CT molecular complexity index is 1020. The topological polar surface area (TPSA) is 71.8 Å². The van der Waals surface area contributed by atoms with Crippen molar-refractivity contribution in [3.8, 4) is 5.69 Å². The van der Waals surface area contributed by atoms with E-state index in [4.69, 9.17) is 4.74 Å². The van der Waals surface area contributed by atoms with Crippen LogP contribution in [-0.2, 0) is 19.1 Å². The van der Waals surface area contributed by atoms with Crippen LogP contribution in [0.25, 0.3) is 11.8 Å². The monoisotopic (exact) mass is 451 g/mol. The molecule has 1 fully saturated rings. The van der Waals surface area contributed by atoms with Gasteiger partial charge >= 0.3 is 5.97 Å². The fraction of sp³-hybridized carbons (Fsp3) is 0.423. The number of hydrogen-bond acceptors (Lipinski definition) is 4. The van der Waals surface area contributed by atoms with E-state index in [1.807, 2.05) is 50.2 Å². The summed E-state index contributed by atoms with van der Waals surface area (Å²) in [6, 6.07) is 12.1. The second-order valence-electron chi connectivity index (χ2n) is 8.43. The molecule has 0 atom stereocenters. The van der Waals surface area contributed by atoms with E-state index in [0.29, 0.717) is 32.5 Å². The van der Waals surface area contributed by atoms with Gasteiger partial charge < -0.3 is 19.1 Å². The number of nitrogens with zero attached hydrogens (tertiary/aromatic N) is 3. The molecule has 1 aliphatic heterocycles. The second-order valence-corrected chi connectivity index (χ2v) is 8.43. The third-order valence-corrected chi connectivity index (χ3v) is 6.11. The van der Waals surface area contributed by atoms with Crippen molar-refractivity contribution in [1.29, 1.82) is 0 Å². The highest BCUT2D eigenvalue weighted by Crippen LogP contribution is 2.22. The zero-order chi connectivity index (χ0) is 24.0. The predicted octanol–water partition coefficient (Wildman–Crippen LogP) is 3.37. The van der Waals surface area contributed by atoms with Gasteiger partial charge in [0.1, 0.15) is 0 Å². The fourth-order valence-corrected chi connectivity index (χ4v) is 4.22. The number of aryl methyl sites for hydroxylation is 1. The molecule has 3 rings (SSSR count). The molecule has 2 aromatic rings. The quantitative estimate of drug-likeness (QED) is 0.478. The maximum atomic E-state index is 12.6. The Morgan fingerprint density at radius 2 is 1.79 bits per heavy atom. The summed E-state index contributed by atoms with van der Waals surface area (Å²) in [5.74, 6) is -0.669. The first kappa shape index (κ1) is 24.3. The smallest absolute Gasteiger partial charge is 0.309 e. The molecule has 33 heavy (non-hydrogen) atoms. The lowest BCUT2D eigenvalue weighted by molar-refractivity contribution is -0.151. The van der Waals surface area contributed by atoms with Gasteiger partial charge in [0.25, 0.3) is 0 Å². The number of para-hydroxylation sites is 1. The Labute approximate surface area is 195 Å². The molecule has 0 bridgehead atoms. The fourth-order valence-electron chi connectivity index (χ4n) is 4.22. The van der Waals surface area contributed by atoms with Gasteiger partial charge in [0, 0.05) is 43.3 Å². The molecule has 0 aliphatic carbocycles. The van der Waals surface area contributed by atoms with Gasteiger partial charge in [-0.25, -0.2) is 0 Å². The molecule has 0 saturated carbocycles. The Balaban J connectivity index is 1.56. The number of carbonyl (C=O) groups excluding carboxylic acids is 3. The van der Waals surface area contributed by atoms with E-state index in [1.165, 1.54) is 11.0 Å². The molecule has 176 valence electrons. The highest BCUT2D eigenvalue weighted by atomic mass is 16.5. The van der Waals surface area contributed by atoms with Crippen molar-refractivity contribution >= 4 is 23.9 Å². The van der Waals surface area contributed by atoms with Gasteiger partial charge in [-0.05, 0) is 63.5 Å². The number of hydrogen-bond donors (Lipinski definition) is 0. The van der Waals surface area contributed by atoms with E-state index in [-0.39, 0.29) is 30.2 Å². The summed E-state index contributed by atoms with van der Waals surface area (Å²) in [7, 11) is 1.63. The van der Waals surface area contributed by atoms with E-state index in [1.54, 1.807) is 24.9 Å². The minimum absolute atomic E-state index is 0.0102. The lowest BCUT2D eigenvalue weighted by Gasteiger charge is -2.32. The zero-order valence-corrected chi connectivity index (χ0v) is 19.9.